The van der Waals surface area contributed by atoms with E-state index in [0.717, 1.165) is 89.9 Å². The van der Waals surface area contributed by atoms with Crippen LogP contribution in [0, 0.1) is 5.92 Å². The number of rotatable bonds is 61. The van der Waals surface area contributed by atoms with E-state index in [-0.39, 0.29) is 43.5 Å². The number of carbonyl (C=O) groups is 6. The van der Waals surface area contributed by atoms with Crippen molar-refractivity contribution in [1.29, 1.82) is 0 Å². The molecule has 0 aromatic rings. The van der Waals surface area contributed by atoms with Crippen LogP contribution < -0.4 is 16.0 Å². The average Bonchev–Trinajstić information content (AvgIpc) is 3.18. The summed E-state index contributed by atoms with van der Waals surface area (Å²) in [4.78, 5) is 77.9. The van der Waals surface area contributed by atoms with Gasteiger partial charge in [0.2, 0.25) is 11.8 Å². The summed E-state index contributed by atoms with van der Waals surface area (Å²) < 4.78 is 5.46. The number of amides is 3. The van der Waals surface area contributed by atoms with Gasteiger partial charge in [0, 0.05) is 32.4 Å². The highest BCUT2D eigenvalue weighted by molar-refractivity contribution is 6.01. The van der Waals surface area contributed by atoms with Gasteiger partial charge < -0.3 is 82.0 Å². The molecule has 506 valence electrons. The van der Waals surface area contributed by atoms with Gasteiger partial charge in [-0.25, -0.2) is 0 Å². The minimum Gasteiger partial charge on any atom is -0.465 e. The molecule has 0 heterocycles. The van der Waals surface area contributed by atoms with E-state index in [2.05, 4.69) is 29.8 Å². The fraction of sp³-hybridized carbons (Fsp3) is 0.906. The number of nitrogens with one attached hydrogen (secondary N) is 3. The van der Waals surface area contributed by atoms with Crippen molar-refractivity contribution in [2.75, 3.05) is 32.9 Å². The number of esters is 1. The molecule has 12 atom stereocenters. The van der Waals surface area contributed by atoms with Crippen LogP contribution in [0.1, 0.15) is 264 Å². The predicted molar refractivity (Wildman–Crippen MR) is 328 cm³/mol. The molecule has 0 spiro atoms. The first kappa shape index (κ1) is 82.7. The van der Waals surface area contributed by atoms with Gasteiger partial charge in [-0.3, -0.25) is 28.8 Å². The van der Waals surface area contributed by atoms with Crippen LogP contribution in [0.3, 0.4) is 0 Å². The van der Waals surface area contributed by atoms with E-state index >= 15 is 0 Å². The molecule has 0 radical (unpaired) electrons. The molecule has 0 bridgehead atoms. The maximum atomic E-state index is 13.5. The molecule has 0 saturated carbocycles. The summed E-state index contributed by atoms with van der Waals surface area (Å²) in [6.45, 7) is 3.33. The molecule has 0 aliphatic heterocycles. The van der Waals surface area contributed by atoms with Gasteiger partial charge in [-0.2, -0.15) is 0 Å². The fourth-order valence-electron chi connectivity index (χ4n) is 10.3. The normalized spacial score (nSPS) is 15.9. The smallest absolute Gasteiger partial charge is 0.316 e. The lowest BCUT2D eigenvalue weighted by molar-refractivity contribution is -0.165. The molecule has 0 rings (SSSR count). The molecule has 22 nitrogen and oxygen atoms in total. The van der Waals surface area contributed by atoms with E-state index in [0.29, 0.717) is 77.3 Å². The SMILES string of the molecule is CCCCCCCCCCCC(=O)NCCCCCC[C@H](C(=O)OCCCCCCCCCCCCC(=O)[C@H](CCCCNC(=O)CCCCCCCCCCC)NC(=O)[C@H](O)[C@@H](O)[C@H](O)[C@H](O)[C@H](O)CO)C(=O)[C@H](O)[C@@H](O)[C@H](O)[C@H](O)[C@H](O)CO. The van der Waals surface area contributed by atoms with Crippen molar-refractivity contribution in [2.24, 2.45) is 5.92 Å². The summed E-state index contributed by atoms with van der Waals surface area (Å²) in [7, 11) is 0. The second-order valence-corrected chi connectivity index (χ2v) is 23.8. The zero-order valence-electron chi connectivity index (χ0n) is 52.8. The number of aliphatic hydroxyl groups is 12. The third-order valence-corrected chi connectivity index (χ3v) is 16.2. The van der Waals surface area contributed by atoms with Crippen LogP contribution in [0.4, 0.5) is 0 Å². The van der Waals surface area contributed by atoms with Crippen molar-refractivity contribution >= 4 is 35.3 Å². The Morgan fingerprint density at radius 1 is 0.372 bits per heavy atom. The number of aliphatic hydroxyl groups excluding tert-OH is 12. The van der Waals surface area contributed by atoms with E-state index in [1.165, 1.54) is 77.0 Å². The molecule has 0 fully saturated rings. The van der Waals surface area contributed by atoms with E-state index < -0.39 is 104 Å². The third-order valence-electron chi connectivity index (χ3n) is 16.2. The summed E-state index contributed by atoms with van der Waals surface area (Å²) >= 11 is 0. The molecular weight excluding hydrogens is 1110 g/mol. The summed E-state index contributed by atoms with van der Waals surface area (Å²) in [6.07, 6.45) is 11.7. The van der Waals surface area contributed by atoms with Crippen LogP contribution in [0.5, 0.6) is 0 Å². The summed E-state index contributed by atoms with van der Waals surface area (Å²) in [5.41, 5.74) is 0. The Hall–Kier alpha value is -3.26. The van der Waals surface area contributed by atoms with E-state index in [9.17, 15) is 79.8 Å². The molecule has 0 aromatic carbocycles. The molecule has 15 N–H and O–H groups in total. The highest BCUT2D eigenvalue weighted by Gasteiger charge is 2.42. The summed E-state index contributed by atoms with van der Waals surface area (Å²) in [5, 5.41) is 129. The second kappa shape index (κ2) is 54.7. The largest absolute Gasteiger partial charge is 0.465 e. The van der Waals surface area contributed by atoms with Crippen LogP contribution in [-0.4, -0.2) is 197 Å². The van der Waals surface area contributed by atoms with Crippen molar-refractivity contribution in [3.63, 3.8) is 0 Å². The van der Waals surface area contributed by atoms with Crippen LogP contribution in [0.2, 0.25) is 0 Å². The Balaban J connectivity index is 4.98. The van der Waals surface area contributed by atoms with Gasteiger partial charge in [0.15, 0.2) is 17.7 Å². The highest BCUT2D eigenvalue weighted by Crippen LogP contribution is 2.21. The minimum absolute atomic E-state index is 0.00276. The summed E-state index contributed by atoms with van der Waals surface area (Å²) in [5.74, 6) is -5.03. The van der Waals surface area contributed by atoms with Gasteiger partial charge in [-0.1, -0.05) is 187 Å². The van der Waals surface area contributed by atoms with E-state index in [1.807, 2.05) is 0 Å². The van der Waals surface area contributed by atoms with Crippen molar-refractivity contribution < 1.29 is 94.8 Å². The van der Waals surface area contributed by atoms with Gasteiger partial charge in [-0.05, 0) is 57.8 Å². The van der Waals surface area contributed by atoms with Gasteiger partial charge >= 0.3 is 5.97 Å². The second-order valence-electron chi connectivity index (χ2n) is 23.8. The lowest BCUT2D eigenvalue weighted by Gasteiger charge is -2.29. The standard InChI is InChI=1S/C64H121N3O19/c1-3-5-7-9-11-15-20-24-31-40-52(73)65-42-34-27-26-29-37-47(54(75)57(78)60(81)58(79)55(76)50(71)45-68)64(85)86-44-36-28-22-18-14-13-17-19-23-30-39-49(70)48(67-63(84)62(83)61(82)59(80)56(77)51(72)46-69)38-33-35-43-66-53(74)41-32-25-21-16-12-10-8-6-4-2/h47-48,50-51,55-62,68-69,71-72,76-83H,3-46H2,1-2H3,(H,65,73)(H,66,74)(H,67,84)/t47-,48-,50+,51+,55+,56+,57-,58+,59+,60+,61-,62+/m0/s1. The van der Waals surface area contributed by atoms with Crippen LogP contribution in [0.25, 0.3) is 0 Å². The maximum absolute atomic E-state index is 13.5. The van der Waals surface area contributed by atoms with Gasteiger partial charge in [0.05, 0.1) is 25.9 Å². The number of ketones is 2. The number of carbonyl (C=O) groups excluding carboxylic acids is 6. The molecule has 0 aliphatic rings. The molecule has 0 saturated heterocycles. The molecule has 86 heavy (non-hydrogen) atoms. The first-order chi connectivity index (χ1) is 41.3. The number of hydrogen-bond donors (Lipinski definition) is 15. The zero-order chi connectivity index (χ0) is 64.3. The number of unbranched alkanes of at least 4 members (excludes halogenated alkanes) is 29. The van der Waals surface area contributed by atoms with E-state index in [1.54, 1.807) is 0 Å². The first-order valence-electron chi connectivity index (χ1n) is 33.4. The van der Waals surface area contributed by atoms with Crippen molar-refractivity contribution in [3.05, 3.63) is 0 Å². The topological polar surface area (TPSA) is 391 Å². The van der Waals surface area contributed by atoms with Crippen LogP contribution in [-0.2, 0) is 33.5 Å². The van der Waals surface area contributed by atoms with Crippen LogP contribution >= 0.6 is 0 Å². The predicted octanol–water partition coefficient (Wildman–Crippen LogP) is 4.85. The van der Waals surface area contributed by atoms with Gasteiger partial charge in [-0.15, -0.1) is 0 Å². The van der Waals surface area contributed by atoms with Crippen molar-refractivity contribution in [2.45, 2.75) is 331 Å². The van der Waals surface area contributed by atoms with Crippen molar-refractivity contribution in [1.82, 2.24) is 16.0 Å². The average molecular weight is 1240 g/mol. The molecule has 22 heteroatoms. The number of Topliss-reactive ketones (excluding diaryl/α,β-unsaturated/α-hetero) is 2. The van der Waals surface area contributed by atoms with Crippen LogP contribution in [0.15, 0.2) is 0 Å². The summed E-state index contributed by atoms with van der Waals surface area (Å²) in [6, 6.07) is -1.05. The Morgan fingerprint density at radius 3 is 1.15 bits per heavy atom. The van der Waals surface area contributed by atoms with Crippen molar-refractivity contribution in [3.8, 4) is 0 Å². The molecule has 0 aliphatic carbocycles. The zero-order valence-corrected chi connectivity index (χ0v) is 52.8. The maximum Gasteiger partial charge on any atom is 0.316 e. The quantitative estimate of drug-likeness (QED) is 0.0220. The Morgan fingerprint density at radius 2 is 0.721 bits per heavy atom. The number of hydrogen-bond acceptors (Lipinski definition) is 19. The van der Waals surface area contributed by atoms with Gasteiger partial charge in [0.25, 0.3) is 5.91 Å². The third kappa shape index (κ3) is 40.4. The molecule has 0 unspecified atom stereocenters. The lowest BCUT2D eigenvalue weighted by atomic mass is 9.88. The fourth-order valence-corrected chi connectivity index (χ4v) is 10.3. The molecular formula is C64H121N3O19. The Bertz CT molecular complexity index is 1720. The highest BCUT2D eigenvalue weighted by atomic mass is 16.5. The Kier molecular flexibility index (Phi) is 52.6. The minimum atomic E-state index is -2.31. The molecule has 0 aromatic heterocycles. The first-order valence-corrected chi connectivity index (χ1v) is 33.4. The Labute approximate surface area is 514 Å². The molecule has 3 amide bonds. The van der Waals surface area contributed by atoms with Gasteiger partial charge in [0.1, 0.15) is 60.9 Å². The number of ether oxygens (including phenoxy) is 1. The lowest BCUT2D eigenvalue weighted by Crippen LogP contribution is -2.55. The monoisotopic (exact) mass is 1240 g/mol. The van der Waals surface area contributed by atoms with E-state index in [4.69, 9.17) is 14.9 Å².